The van der Waals surface area contributed by atoms with Crippen LogP contribution in [0, 0.1) is 6.92 Å². The summed E-state index contributed by atoms with van der Waals surface area (Å²) in [5, 5.41) is 0. The van der Waals surface area contributed by atoms with Crippen LogP contribution in [-0.2, 0) is 13.1 Å². The van der Waals surface area contributed by atoms with E-state index in [1.807, 2.05) is 18.2 Å². The number of hydrogen-bond acceptors (Lipinski definition) is 3. The second kappa shape index (κ2) is 6.44. The van der Waals surface area contributed by atoms with Crippen LogP contribution >= 0.6 is 0 Å². The molecule has 0 aromatic heterocycles. The number of hydrogen-bond donors (Lipinski definition) is 1. The molecule has 0 aliphatic heterocycles. The van der Waals surface area contributed by atoms with Crippen LogP contribution in [0.5, 0.6) is 5.75 Å². The normalized spacial score (nSPS) is 10.8. The van der Waals surface area contributed by atoms with E-state index in [0.29, 0.717) is 0 Å². The zero-order valence-corrected chi connectivity index (χ0v) is 12.4. The summed E-state index contributed by atoms with van der Waals surface area (Å²) < 4.78 is 5.39. The molecule has 0 bridgehead atoms. The van der Waals surface area contributed by atoms with Gasteiger partial charge in [-0.15, -0.1) is 0 Å². The molecule has 2 N–H and O–H groups in total. The van der Waals surface area contributed by atoms with E-state index in [0.717, 1.165) is 30.1 Å². The van der Waals surface area contributed by atoms with Gasteiger partial charge in [-0.1, -0.05) is 30.3 Å². The number of benzene rings is 2. The smallest absolute Gasteiger partial charge is 0.125 e. The molecule has 0 aliphatic carbocycles. The Balaban J connectivity index is 2.08. The Morgan fingerprint density at radius 3 is 2.45 bits per heavy atom. The lowest BCUT2D eigenvalue weighted by Crippen LogP contribution is -2.18. The summed E-state index contributed by atoms with van der Waals surface area (Å²) in [6.45, 7) is 3.89. The molecular weight excluding hydrogens is 248 g/mol. The van der Waals surface area contributed by atoms with Gasteiger partial charge in [-0.05, 0) is 31.2 Å². The van der Waals surface area contributed by atoms with Crippen molar-refractivity contribution in [2.45, 2.75) is 20.0 Å². The number of methoxy groups -OCH3 is 1. The van der Waals surface area contributed by atoms with E-state index in [1.165, 1.54) is 11.1 Å². The molecular formula is C17H22N2O. The summed E-state index contributed by atoms with van der Waals surface area (Å²) in [5.41, 5.74) is 10.3. The Morgan fingerprint density at radius 2 is 1.75 bits per heavy atom. The van der Waals surface area contributed by atoms with Crippen LogP contribution in [0.25, 0.3) is 0 Å². The monoisotopic (exact) mass is 270 g/mol. The molecule has 0 spiro atoms. The van der Waals surface area contributed by atoms with E-state index in [2.05, 4.69) is 43.1 Å². The van der Waals surface area contributed by atoms with Gasteiger partial charge in [0.1, 0.15) is 5.75 Å². The summed E-state index contributed by atoms with van der Waals surface area (Å²) >= 11 is 0. The third-order valence-corrected chi connectivity index (χ3v) is 3.45. The number of nitrogens with zero attached hydrogens (tertiary/aromatic N) is 1. The van der Waals surface area contributed by atoms with Gasteiger partial charge in [0, 0.05) is 30.4 Å². The number of rotatable bonds is 5. The van der Waals surface area contributed by atoms with Gasteiger partial charge < -0.3 is 10.5 Å². The first kappa shape index (κ1) is 14.4. The molecule has 0 unspecified atom stereocenters. The maximum absolute atomic E-state index is 5.78. The fourth-order valence-electron chi connectivity index (χ4n) is 2.32. The summed E-state index contributed by atoms with van der Waals surface area (Å²) in [5.74, 6) is 0.849. The topological polar surface area (TPSA) is 38.5 Å². The Kier molecular flexibility index (Phi) is 4.64. The Morgan fingerprint density at radius 1 is 1.05 bits per heavy atom. The SMILES string of the molecule is COc1cc(N)ccc1CN(C)Cc1ccccc1C. The number of ether oxygens (including phenoxy) is 1. The number of nitrogen functional groups attached to an aromatic ring is 1. The lowest BCUT2D eigenvalue weighted by Gasteiger charge is -2.19. The predicted octanol–water partition coefficient (Wildman–Crippen LogP) is 3.22. The molecule has 3 nitrogen and oxygen atoms in total. The molecule has 2 aromatic carbocycles. The van der Waals surface area contributed by atoms with Crippen molar-refractivity contribution in [3.63, 3.8) is 0 Å². The average Bonchev–Trinajstić information content (AvgIpc) is 2.43. The van der Waals surface area contributed by atoms with E-state index in [-0.39, 0.29) is 0 Å². The zero-order chi connectivity index (χ0) is 14.5. The van der Waals surface area contributed by atoms with Crippen LogP contribution in [0.4, 0.5) is 5.69 Å². The van der Waals surface area contributed by atoms with Gasteiger partial charge in [0.25, 0.3) is 0 Å². The summed E-state index contributed by atoms with van der Waals surface area (Å²) in [6.07, 6.45) is 0. The van der Waals surface area contributed by atoms with Crippen LogP contribution in [0.1, 0.15) is 16.7 Å². The standard InChI is InChI=1S/C17H22N2O/c1-13-6-4-5-7-14(13)11-19(2)12-15-8-9-16(18)10-17(15)20-3/h4-10H,11-12,18H2,1-3H3. The highest BCUT2D eigenvalue weighted by molar-refractivity contribution is 5.48. The number of aryl methyl sites for hydroxylation is 1. The molecule has 2 rings (SSSR count). The lowest BCUT2D eigenvalue weighted by molar-refractivity contribution is 0.309. The minimum Gasteiger partial charge on any atom is -0.496 e. The first-order valence-electron chi connectivity index (χ1n) is 6.75. The van der Waals surface area contributed by atoms with Gasteiger partial charge in [-0.3, -0.25) is 4.90 Å². The van der Waals surface area contributed by atoms with Crippen molar-refractivity contribution in [3.8, 4) is 5.75 Å². The molecule has 0 fully saturated rings. The van der Waals surface area contributed by atoms with Crippen molar-refractivity contribution >= 4 is 5.69 Å². The summed E-state index contributed by atoms with van der Waals surface area (Å²) in [4.78, 5) is 2.27. The van der Waals surface area contributed by atoms with Crippen molar-refractivity contribution in [3.05, 3.63) is 59.2 Å². The van der Waals surface area contributed by atoms with Gasteiger partial charge in [-0.25, -0.2) is 0 Å². The second-order valence-corrected chi connectivity index (χ2v) is 5.17. The highest BCUT2D eigenvalue weighted by atomic mass is 16.5. The molecule has 20 heavy (non-hydrogen) atoms. The van der Waals surface area contributed by atoms with E-state index in [4.69, 9.17) is 10.5 Å². The molecule has 106 valence electrons. The molecule has 2 aromatic rings. The molecule has 0 saturated heterocycles. The van der Waals surface area contributed by atoms with E-state index < -0.39 is 0 Å². The molecule has 0 radical (unpaired) electrons. The molecule has 0 atom stereocenters. The third kappa shape index (κ3) is 3.52. The third-order valence-electron chi connectivity index (χ3n) is 3.45. The molecule has 0 amide bonds. The summed E-state index contributed by atoms with van der Waals surface area (Å²) in [6, 6.07) is 14.3. The minimum absolute atomic E-state index is 0.729. The first-order valence-corrected chi connectivity index (χ1v) is 6.75. The van der Waals surface area contributed by atoms with Gasteiger partial charge in [0.2, 0.25) is 0 Å². The van der Waals surface area contributed by atoms with Gasteiger partial charge in [0.15, 0.2) is 0 Å². The van der Waals surface area contributed by atoms with Crippen molar-refractivity contribution < 1.29 is 4.74 Å². The van der Waals surface area contributed by atoms with E-state index in [1.54, 1.807) is 7.11 Å². The minimum atomic E-state index is 0.729. The van der Waals surface area contributed by atoms with Gasteiger partial charge >= 0.3 is 0 Å². The molecule has 0 saturated carbocycles. The van der Waals surface area contributed by atoms with E-state index >= 15 is 0 Å². The fraction of sp³-hybridized carbons (Fsp3) is 0.294. The van der Waals surface area contributed by atoms with Gasteiger partial charge in [-0.2, -0.15) is 0 Å². The molecule has 0 heterocycles. The van der Waals surface area contributed by atoms with Crippen LogP contribution in [-0.4, -0.2) is 19.1 Å². The van der Waals surface area contributed by atoms with Crippen molar-refractivity contribution in [2.75, 3.05) is 19.9 Å². The maximum Gasteiger partial charge on any atom is 0.125 e. The Labute approximate surface area is 121 Å². The zero-order valence-electron chi connectivity index (χ0n) is 12.4. The molecule has 3 heteroatoms. The molecule has 0 aliphatic rings. The largest absolute Gasteiger partial charge is 0.496 e. The fourth-order valence-corrected chi connectivity index (χ4v) is 2.32. The maximum atomic E-state index is 5.78. The highest BCUT2D eigenvalue weighted by Crippen LogP contribution is 2.23. The van der Waals surface area contributed by atoms with Crippen LogP contribution in [0.3, 0.4) is 0 Å². The van der Waals surface area contributed by atoms with Crippen molar-refractivity contribution in [2.24, 2.45) is 0 Å². The van der Waals surface area contributed by atoms with Crippen LogP contribution in [0.15, 0.2) is 42.5 Å². The Hall–Kier alpha value is -2.00. The lowest BCUT2D eigenvalue weighted by atomic mass is 10.1. The first-order chi connectivity index (χ1) is 9.60. The van der Waals surface area contributed by atoms with E-state index in [9.17, 15) is 0 Å². The number of anilines is 1. The summed E-state index contributed by atoms with van der Waals surface area (Å²) in [7, 11) is 3.79. The van der Waals surface area contributed by atoms with Crippen molar-refractivity contribution in [1.29, 1.82) is 0 Å². The second-order valence-electron chi connectivity index (χ2n) is 5.17. The van der Waals surface area contributed by atoms with Crippen LogP contribution in [0.2, 0.25) is 0 Å². The predicted molar refractivity (Wildman–Crippen MR) is 83.8 cm³/mol. The van der Waals surface area contributed by atoms with Crippen molar-refractivity contribution in [1.82, 2.24) is 4.90 Å². The van der Waals surface area contributed by atoms with Gasteiger partial charge in [0.05, 0.1) is 7.11 Å². The number of nitrogens with two attached hydrogens (primary N) is 1. The average molecular weight is 270 g/mol. The van der Waals surface area contributed by atoms with Crippen LogP contribution < -0.4 is 10.5 Å². The quantitative estimate of drug-likeness (QED) is 0.848. The Bertz CT molecular complexity index is 581. The highest BCUT2D eigenvalue weighted by Gasteiger charge is 2.08.